The summed E-state index contributed by atoms with van der Waals surface area (Å²) in [5.41, 5.74) is 1.94. The van der Waals surface area contributed by atoms with E-state index in [1.807, 2.05) is 0 Å². The predicted molar refractivity (Wildman–Crippen MR) is 70.1 cm³/mol. The molecule has 0 unspecified atom stereocenters. The molecule has 0 radical (unpaired) electrons. The average molecular weight is 250 g/mol. The second kappa shape index (κ2) is 4.04. The third-order valence-electron chi connectivity index (χ3n) is 4.28. The van der Waals surface area contributed by atoms with Gasteiger partial charge in [-0.2, -0.15) is 0 Å². The predicted octanol–water partition coefficient (Wildman–Crippen LogP) is 2.14. The first kappa shape index (κ1) is 13.5. The fourth-order valence-electron chi connectivity index (χ4n) is 3.37. The Bertz CT molecular complexity index is 464. The second-order valence-corrected chi connectivity index (χ2v) is 6.45. The van der Waals surface area contributed by atoms with Gasteiger partial charge in [0.15, 0.2) is 5.78 Å². The average Bonchev–Trinajstić information content (AvgIpc) is 2.59. The SMILES string of the molecule is CC1=C(CCO)[C@](C)(O)C2=C(CC(C)(C)C2)C1=O. The third-order valence-corrected chi connectivity index (χ3v) is 4.28. The molecule has 2 N–H and O–H groups in total. The maximum atomic E-state index is 12.4. The second-order valence-electron chi connectivity index (χ2n) is 6.45. The molecule has 0 saturated heterocycles. The Balaban J connectivity index is 2.50. The van der Waals surface area contributed by atoms with Crippen molar-refractivity contribution in [3.8, 4) is 0 Å². The van der Waals surface area contributed by atoms with Gasteiger partial charge in [0.05, 0.1) is 0 Å². The maximum Gasteiger partial charge on any atom is 0.184 e. The lowest BCUT2D eigenvalue weighted by molar-refractivity contribution is -0.113. The number of carbonyl (C=O) groups is 1. The van der Waals surface area contributed by atoms with Gasteiger partial charge >= 0.3 is 0 Å². The number of aliphatic hydroxyl groups excluding tert-OH is 1. The van der Waals surface area contributed by atoms with Gasteiger partial charge in [-0.1, -0.05) is 13.8 Å². The summed E-state index contributed by atoms with van der Waals surface area (Å²) in [5, 5.41) is 19.9. The molecule has 0 heterocycles. The lowest BCUT2D eigenvalue weighted by atomic mass is 9.75. The van der Waals surface area contributed by atoms with E-state index in [2.05, 4.69) is 13.8 Å². The molecular weight excluding hydrogens is 228 g/mol. The summed E-state index contributed by atoms with van der Waals surface area (Å²) in [7, 11) is 0. The Labute approximate surface area is 108 Å². The van der Waals surface area contributed by atoms with E-state index < -0.39 is 5.60 Å². The molecule has 3 nitrogen and oxygen atoms in total. The van der Waals surface area contributed by atoms with Crippen LogP contribution in [0.5, 0.6) is 0 Å². The summed E-state index contributed by atoms with van der Waals surface area (Å²) >= 11 is 0. The highest BCUT2D eigenvalue weighted by atomic mass is 16.3. The first-order chi connectivity index (χ1) is 8.20. The van der Waals surface area contributed by atoms with Gasteiger partial charge < -0.3 is 10.2 Å². The number of ketones is 1. The van der Waals surface area contributed by atoms with Gasteiger partial charge in [-0.25, -0.2) is 0 Å². The number of Topliss-reactive ketones (excluding diaryl/α,β-unsaturated/α-hetero) is 1. The van der Waals surface area contributed by atoms with Crippen LogP contribution in [0.3, 0.4) is 0 Å². The number of carbonyl (C=O) groups excluding carboxylic acids is 1. The number of hydrogen-bond donors (Lipinski definition) is 2. The van der Waals surface area contributed by atoms with Crippen LogP contribution >= 0.6 is 0 Å². The van der Waals surface area contributed by atoms with E-state index in [4.69, 9.17) is 5.11 Å². The van der Waals surface area contributed by atoms with E-state index >= 15 is 0 Å². The van der Waals surface area contributed by atoms with Crippen LogP contribution in [0.2, 0.25) is 0 Å². The smallest absolute Gasteiger partial charge is 0.184 e. The molecule has 2 aliphatic carbocycles. The molecular formula is C15H22O3. The topological polar surface area (TPSA) is 57.5 Å². The standard InChI is InChI=1S/C15H22O3/c1-9-11(5-6-16)15(4,18)12-8-14(2,3)7-10(12)13(9)17/h16,18H,5-8H2,1-4H3/t15-/m0/s1. The molecule has 3 heteroatoms. The molecule has 2 rings (SSSR count). The summed E-state index contributed by atoms with van der Waals surface area (Å²) in [5.74, 6) is 0.0607. The molecule has 0 spiro atoms. The van der Waals surface area contributed by atoms with Crippen LogP contribution in [-0.4, -0.2) is 28.2 Å². The van der Waals surface area contributed by atoms with E-state index in [1.54, 1.807) is 13.8 Å². The molecule has 100 valence electrons. The van der Waals surface area contributed by atoms with E-state index in [0.717, 1.165) is 24.0 Å². The monoisotopic (exact) mass is 250 g/mol. The van der Waals surface area contributed by atoms with E-state index in [0.29, 0.717) is 17.6 Å². The third kappa shape index (κ3) is 1.86. The van der Waals surface area contributed by atoms with Gasteiger partial charge in [-0.05, 0) is 55.2 Å². The van der Waals surface area contributed by atoms with Crippen molar-refractivity contribution in [2.75, 3.05) is 6.61 Å². The Kier molecular flexibility index (Phi) is 3.03. The van der Waals surface area contributed by atoms with Crippen molar-refractivity contribution in [3.63, 3.8) is 0 Å². The van der Waals surface area contributed by atoms with Crippen molar-refractivity contribution in [1.29, 1.82) is 0 Å². The van der Waals surface area contributed by atoms with Gasteiger partial charge in [-0.15, -0.1) is 0 Å². The largest absolute Gasteiger partial charge is 0.396 e. The summed E-state index contributed by atoms with van der Waals surface area (Å²) in [6.07, 6.45) is 1.85. The Morgan fingerprint density at radius 2 is 1.83 bits per heavy atom. The molecule has 0 amide bonds. The van der Waals surface area contributed by atoms with Crippen LogP contribution in [0.4, 0.5) is 0 Å². The van der Waals surface area contributed by atoms with Crippen LogP contribution in [0.1, 0.15) is 47.0 Å². The Morgan fingerprint density at radius 3 is 2.39 bits per heavy atom. The lowest BCUT2D eigenvalue weighted by Crippen LogP contribution is -2.36. The van der Waals surface area contributed by atoms with Gasteiger partial charge in [0, 0.05) is 12.2 Å². The zero-order valence-corrected chi connectivity index (χ0v) is 11.6. The van der Waals surface area contributed by atoms with Crippen LogP contribution in [0, 0.1) is 5.41 Å². The van der Waals surface area contributed by atoms with Crippen LogP contribution in [0.15, 0.2) is 22.3 Å². The maximum absolute atomic E-state index is 12.4. The molecule has 0 fully saturated rings. The molecule has 1 atom stereocenters. The summed E-state index contributed by atoms with van der Waals surface area (Å²) in [4.78, 5) is 12.4. The zero-order chi connectivity index (χ0) is 13.7. The molecule has 18 heavy (non-hydrogen) atoms. The summed E-state index contributed by atoms with van der Waals surface area (Å²) in [6, 6.07) is 0. The minimum absolute atomic E-state index is 0.0396. The van der Waals surface area contributed by atoms with Gasteiger partial charge in [0.25, 0.3) is 0 Å². The quantitative estimate of drug-likeness (QED) is 0.789. The lowest BCUT2D eigenvalue weighted by Gasteiger charge is -2.34. The number of rotatable bonds is 2. The van der Waals surface area contributed by atoms with Crippen molar-refractivity contribution in [2.45, 2.75) is 52.6 Å². The summed E-state index contributed by atoms with van der Waals surface area (Å²) < 4.78 is 0. The minimum atomic E-state index is -1.07. The molecule has 0 aromatic rings. The highest BCUT2D eigenvalue weighted by Crippen LogP contribution is 2.51. The van der Waals surface area contributed by atoms with Crippen LogP contribution in [0.25, 0.3) is 0 Å². The van der Waals surface area contributed by atoms with Crippen molar-refractivity contribution >= 4 is 5.78 Å². The number of allylic oxidation sites excluding steroid dienone is 2. The van der Waals surface area contributed by atoms with E-state index in [-0.39, 0.29) is 17.8 Å². The number of hydrogen-bond acceptors (Lipinski definition) is 3. The highest BCUT2D eigenvalue weighted by Gasteiger charge is 2.46. The molecule has 0 bridgehead atoms. The summed E-state index contributed by atoms with van der Waals surface area (Å²) in [6.45, 7) is 7.72. The van der Waals surface area contributed by atoms with Gasteiger partial charge in [0.2, 0.25) is 0 Å². The van der Waals surface area contributed by atoms with Crippen molar-refractivity contribution in [2.24, 2.45) is 5.41 Å². The zero-order valence-electron chi connectivity index (χ0n) is 11.6. The van der Waals surface area contributed by atoms with Crippen LogP contribution < -0.4 is 0 Å². The Morgan fingerprint density at radius 1 is 1.22 bits per heavy atom. The van der Waals surface area contributed by atoms with Gasteiger partial charge in [-0.3, -0.25) is 4.79 Å². The van der Waals surface area contributed by atoms with Crippen molar-refractivity contribution < 1.29 is 15.0 Å². The normalized spacial score (nSPS) is 31.1. The van der Waals surface area contributed by atoms with E-state index in [1.165, 1.54) is 0 Å². The van der Waals surface area contributed by atoms with Crippen LogP contribution in [-0.2, 0) is 4.79 Å². The molecule has 0 aromatic carbocycles. The first-order valence-electron chi connectivity index (χ1n) is 6.51. The first-order valence-corrected chi connectivity index (χ1v) is 6.51. The van der Waals surface area contributed by atoms with E-state index in [9.17, 15) is 9.90 Å². The fraction of sp³-hybridized carbons (Fsp3) is 0.667. The molecule has 0 aliphatic heterocycles. The van der Waals surface area contributed by atoms with Crippen molar-refractivity contribution in [1.82, 2.24) is 0 Å². The molecule has 0 saturated carbocycles. The Hall–Kier alpha value is -0.930. The molecule has 2 aliphatic rings. The van der Waals surface area contributed by atoms with Crippen molar-refractivity contribution in [3.05, 3.63) is 22.3 Å². The molecule has 0 aromatic heterocycles. The highest BCUT2D eigenvalue weighted by molar-refractivity contribution is 6.11. The fourth-order valence-corrected chi connectivity index (χ4v) is 3.37. The minimum Gasteiger partial charge on any atom is -0.396 e. The van der Waals surface area contributed by atoms with Gasteiger partial charge in [0.1, 0.15) is 5.60 Å². The number of aliphatic hydroxyl groups is 2.